The largest absolute Gasteiger partial charge is 0.370 e. The zero-order valence-electron chi connectivity index (χ0n) is 9.00. The Morgan fingerprint density at radius 2 is 2.07 bits per heavy atom. The Morgan fingerprint density at radius 1 is 1.47 bits per heavy atom. The summed E-state index contributed by atoms with van der Waals surface area (Å²) in [6, 6.07) is 6.64. The Labute approximate surface area is 89.2 Å². The molecule has 0 saturated heterocycles. The third-order valence-electron chi connectivity index (χ3n) is 2.09. The number of hydrogen-bond acceptors (Lipinski definition) is 1. The first kappa shape index (κ1) is 11.5. The molecular formula is C11H16FN3. The molecule has 0 aliphatic heterocycles. The van der Waals surface area contributed by atoms with Crippen LogP contribution in [0, 0.1) is 5.82 Å². The zero-order chi connectivity index (χ0) is 11.3. The highest BCUT2D eigenvalue weighted by Gasteiger charge is 2.03. The van der Waals surface area contributed by atoms with Crippen LogP contribution in [0.1, 0.15) is 12.5 Å². The summed E-state index contributed by atoms with van der Waals surface area (Å²) in [4.78, 5) is 3.81. The van der Waals surface area contributed by atoms with Gasteiger partial charge in [0.15, 0.2) is 5.96 Å². The van der Waals surface area contributed by atoms with Crippen molar-refractivity contribution >= 4 is 5.96 Å². The molecule has 0 amide bonds. The normalized spacial score (nSPS) is 13.7. The monoisotopic (exact) mass is 209 g/mol. The highest BCUT2D eigenvalue weighted by atomic mass is 19.1. The number of nitrogens with zero attached hydrogens (tertiary/aromatic N) is 1. The summed E-state index contributed by atoms with van der Waals surface area (Å²) in [5.74, 6) is 0.207. The summed E-state index contributed by atoms with van der Waals surface area (Å²) in [6.45, 7) is 2.00. The van der Waals surface area contributed by atoms with Crippen LogP contribution >= 0.6 is 0 Å². The van der Waals surface area contributed by atoms with Crippen molar-refractivity contribution in [2.75, 3.05) is 7.05 Å². The maximum absolute atomic E-state index is 12.6. The first-order valence-corrected chi connectivity index (χ1v) is 4.85. The van der Waals surface area contributed by atoms with Crippen LogP contribution in [-0.4, -0.2) is 19.0 Å². The number of rotatable bonds is 3. The number of nitrogens with one attached hydrogen (secondary N) is 1. The van der Waals surface area contributed by atoms with Crippen molar-refractivity contribution in [1.29, 1.82) is 0 Å². The smallest absolute Gasteiger partial charge is 0.188 e. The van der Waals surface area contributed by atoms with Gasteiger partial charge < -0.3 is 11.1 Å². The van der Waals surface area contributed by atoms with Crippen LogP contribution in [0.3, 0.4) is 0 Å². The second-order valence-electron chi connectivity index (χ2n) is 3.48. The van der Waals surface area contributed by atoms with Gasteiger partial charge in [0.25, 0.3) is 0 Å². The number of nitrogens with two attached hydrogens (primary N) is 1. The molecular weight excluding hydrogens is 193 g/mol. The van der Waals surface area contributed by atoms with E-state index >= 15 is 0 Å². The topological polar surface area (TPSA) is 50.4 Å². The summed E-state index contributed by atoms with van der Waals surface area (Å²) < 4.78 is 12.6. The number of halogens is 1. The van der Waals surface area contributed by atoms with E-state index in [9.17, 15) is 4.39 Å². The molecule has 15 heavy (non-hydrogen) atoms. The lowest BCUT2D eigenvalue weighted by Gasteiger charge is -2.13. The lowest BCUT2D eigenvalue weighted by atomic mass is 10.1. The van der Waals surface area contributed by atoms with Gasteiger partial charge in [0.2, 0.25) is 0 Å². The van der Waals surface area contributed by atoms with Crippen molar-refractivity contribution < 1.29 is 4.39 Å². The Bertz CT molecular complexity index is 332. The summed E-state index contributed by atoms with van der Waals surface area (Å²) in [7, 11) is 1.63. The van der Waals surface area contributed by atoms with E-state index in [4.69, 9.17) is 5.73 Å². The number of benzene rings is 1. The van der Waals surface area contributed by atoms with Gasteiger partial charge in [-0.2, -0.15) is 0 Å². The number of aliphatic imine (C=N–C) groups is 1. The van der Waals surface area contributed by atoms with E-state index in [0.29, 0.717) is 5.96 Å². The Balaban J connectivity index is 2.51. The molecule has 3 N–H and O–H groups in total. The average Bonchev–Trinajstić information content (AvgIpc) is 2.21. The molecule has 0 heterocycles. The van der Waals surface area contributed by atoms with Crippen molar-refractivity contribution in [2.24, 2.45) is 10.7 Å². The summed E-state index contributed by atoms with van der Waals surface area (Å²) in [6.07, 6.45) is 0.788. The number of hydrogen-bond donors (Lipinski definition) is 2. The second kappa shape index (κ2) is 5.34. The summed E-state index contributed by atoms with van der Waals surface area (Å²) >= 11 is 0. The Kier molecular flexibility index (Phi) is 4.09. The van der Waals surface area contributed by atoms with Gasteiger partial charge >= 0.3 is 0 Å². The minimum atomic E-state index is -0.214. The molecule has 4 heteroatoms. The third kappa shape index (κ3) is 3.97. The van der Waals surface area contributed by atoms with E-state index in [1.165, 1.54) is 12.1 Å². The molecule has 0 fully saturated rings. The van der Waals surface area contributed by atoms with Gasteiger partial charge in [-0.15, -0.1) is 0 Å². The van der Waals surface area contributed by atoms with E-state index < -0.39 is 0 Å². The maximum atomic E-state index is 12.6. The third-order valence-corrected chi connectivity index (χ3v) is 2.09. The van der Waals surface area contributed by atoms with Gasteiger partial charge in [-0.25, -0.2) is 4.39 Å². The lowest BCUT2D eigenvalue weighted by molar-refractivity contribution is 0.622. The number of guanidine groups is 1. The summed E-state index contributed by atoms with van der Waals surface area (Å²) in [5, 5.41) is 3.03. The molecule has 1 unspecified atom stereocenters. The summed E-state index contributed by atoms with van der Waals surface area (Å²) in [5.41, 5.74) is 6.60. The van der Waals surface area contributed by atoms with Crippen LogP contribution < -0.4 is 11.1 Å². The molecule has 0 spiro atoms. The van der Waals surface area contributed by atoms with Gasteiger partial charge in [-0.05, 0) is 31.0 Å². The molecule has 1 aromatic carbocycles. The highest BCUT2D eigenvalue weighted by molar-refractivity contribution is 5.77. The maximum Gasteiger partial charge on any atom is 0.188 e. The molecule has 1 atom stereocenters. The fourth-order valence-corrected chi connectivity index (χ4v) is 1.34. The average molecular weight is 209 g/mol. The fourth-order valence-electron chi connectivity index (χ4n) is 1.34. The van der Waals surface area contributed by atoms with E-state index in [1.807, 2.05) is 6.92 Å². The lowest BCUT2D eigenvalue weighted by Crippen LogP contribution is -2.39. The zero-order valence-corrected chi connectivity index (χ0v) is 9.00. The minimum Gasteiger partial charge on any atom is -0.370 e. The van der Waals surface area contributed by atoms with Crippen molar-refractivity contribution in [3.8, 4) is 0 Å². The van der Waals surface area contributed by atoms with Crippen LogP contribution in [0.25, 0.3) is 0 Å². The van der Waals surface area contributed by atoms with Crippen molar-refractivity contribution in [3.05, 3.63) is 35.6 Å². The van der Waals surface area contributed by atoms with E-state index in [1.54, 1.807) is 19.2 Å². The van der Waals surface area contributed by atoms with Gasteiger partial charge in [0, 0.05) is 13.1 Å². The van der Waals surface area contributed by atoms with E-state index in [0.717, 1.165) is 12.0 Å². The molecule has 1 rings (SSSR count). The van der Waals surface area contributed by atoms with Crippen LogP contribution in [-0.2, 0) is 6.42 Å². The van der Waals surface area contributed by atoms with Gasteiger partial charge in [0.05, 0.1) is 0 Å². The molecule has 82 valence electrons. The van der Waals surface area contributed by atoms with Crippen molar-refractivity contribution in [2.45, 2.75) is 19.4 Å². The first-order chi connectivity index (χ1) is 7.11. The van der Waals surface area contributed by atoms with E-state index in [2.05, 4.69) is 10.3 Å². The van der Waals surface area contributed by atoms with Crippen molar-refractivity contribution in [1.82, 2.24) is 5.32 Å². The van der Waals surface area contributed by atoms with Crippen LogP contribution in [0.2, 0.25) is 0 Å². The molecule has 3 nitrogen and oxygen atoms in total. The SMILES string of the molecule is CN=C(N)NC(C)Cc1ccc(F)cc1. The quantitative estimate of drug-likeness (QED) is 0.582. The minimum absolute atomic E-state index is 0.180. The second-order valence-corrected chi connectivity index (χ2v) is 3.48. The molecule has 0 saturated carbocycles. The van der Waals surface area contributed by atoms with Crippen molar-refractivity contribution in [3.63, 3.8) is 0 Å². The van der Waals surface area contributed by atoms with Crippen LogP contribution in [0.5, 0.6) is 0 Å². The van der Waals surface area contributed by atoms with Crippen LogP contribution in [0.4, 0.5) is 4.39 Å². The highest BCUT2D eigenvalue weighted by Crippen LogP contribution is 2.05. The predicted octanol–water partition coefficient (Wildman–Crippen LogP) is 1.29. The van der Waals surface area contributed by atoms with Gasteiger partial charge in [-0.1, -0.05) is 12.1 Å². The first-order valence-electron chi connectivity index (χ1n) is 4.85. The van der Waals surface area contributed by atoms with Gasteiger partial charge in [-0.3, -0.25) is 4.99 Å². The van der Waals surface area contributed by atoms with Crippen LogP contribution in [0.15, 0.2) is 29.3 Å². The molecule has 0 bridgehead atoms. The molecule has 0 aromatic heterocycles. The Morgan fingerprint density at radius 3 is 2.60 bits per heavy atom. The fraction of sp³-hybridized carbons (Fsp3) is 0.364. The molecule has 0 radical (unpaired) electrons. The Hall–Kier alpha value is -1.58. The standard InChI is InChI=1S/C11H16FN3/c1-8(15-11(13)14-2)7-9-3-5-10(12)6-4-9/h3-6,8H,7H2,1-2H3,(H3,13,14,15). The molecule has 1 aromatic rings. The molecule has 0 aliphatic rings. The predicted molar refractivity (Wildman–Crippen MR) is 60.2 cm³/mol. The van der Waals surface area contributed by atoms with Gasteiger partial charge in [0.1, 0.15) is 5.82 Å². The van der Waals surface area contributed by atoms with E-state index in [-0.39, 0.29) is 11.9 Å². The molecule has 0 aliphatic carbocycles.